The molecule has 3 aromatic carbocycles. The molecule has 0 saturated carbocycles. The molecule has 10 heteroatoms. The van der Waals surface area contributed by atoms with E-state index in [4.69, 9.17) is 21.4 Å². The van der Waals surface area contributed by atoms with Crippen molar-refractivity contribution in [1.29, 1.82) is 0 Å². The standard InChI is InChI=1S/C27H24ClF2NO5S/c1-16-10-19(29)14-21(11-16)37(34,35)31-15-20(7-9-26(32)33)36-25-8-6-18(13-24(25)31)12-17(2)27-22(28)4-3-5-23(27)30/h3-6,8,10-14,20H,7,9,15H2,1-2H3,(H,32,33)/b17-12+/t20-/m0/s1. The summed E-state index contributed by atoms with van der Waals surface area (Å²) in [6.45, 7) is 3.11. The van der Waals surface area contributed by atoms with Crippen LogP contribution in [0, 0.1) is 18.6 Å². The lowest BCUT2D eigenvalue weighted by molar-refractivity contribution is -0.137. The molecular formula is C27H24ClF2NO5S. The Morgan fingerprint density at radius 2 is 1.95 bits per heavy atom. The molecule has 1 aliphatic heterocycles. The Morgan fingerprint density at radius 3 is 2.62 bits per heavy atom. The van der Waals surface area contributed by atoms with E-state index in [0.717, 1.165) is 10.4 Å². The molecule has 0 fully saturated rings. The largest absolute Gasteiger partial charge is 0.486 e. The Hall–Kier alpha value is -3.43. The first-order chi connectivity index (χ1) is 17.5. The minimum absolute atomic E-state index is 0.0789. The number of ether oxygens (including phenoxy) is 1. The van der Waals surface area contributed by atoms with Gasteiger partial charge in [-0.1, -0.05) is 29.8 Å². The fraction of sp³-hybridized carbons (Fsp3) is 0.222. The Morgan fingerprint density at radius 1 is 1.19 bits per heavy atom. The molecule has 1 N–H and O–H groups in total. The quantitative estimate of drug-likeness (QED) is 0.350. The molecule has 3 aromatic rings. The molecule has 0 bridgehead atoms. The van der Waals surface area contributed by atoms with E-state index in [1.165, 1.54) is 24.3 Å². The Kier molecular flexibility index (Phi) is 7.57. The van der Waals surface area contributed by atoms with E-state index in [1.54, 1.807) is 44.2 Å². The number of allylic oxidation sites excluding steroid dienone is 1. The van der Waals surface area contributed by atoms with Crippen LogP contribution in [0.25, 0.3) is 11.6 Å². The molecule has 0 saturated heterocycles. The Balaban J connectivity index is 1.80. The molecule has 6 nitrogen and oxygen atoms in total. The Labute approximate surface area is 218 Å². The summed E-state index contributed by atoms with van der Waals surface area (Å²) in [5.41, 5.74) is 1.94. The van der Waals surface area contributed by atoms with Crippen molar-refractivity contribution in [2.24, 2.45) is 0 Å². The fourth-order valence-electron chi connectivity index (χ4n) is 4.26. The van der Waals surface area contributed by atoms with Gasteiger partial charge < -0.3 is 9.84 Å². The Bertz CT molecular complexity index is 1470. The molecule has 0 aromatic heterocycles. The summed E-state index contributed by atoms with van der Waals surface area (Å²) in [5, 5.41) is 9.32. The van der Waals surface area contributed by atoms with Gasteiger partial charge in [-0.3, -0.25) is 9.10 Å². The van der Waals surface area contributed by atoms with Gasteiger partial charge in [-0.15, -0.1) is 0 Å². The summed E-state index contributed by atoms with van der Waals surface area (Å²) in [6.07, 6.45) is 0.804. The maximum Gasteiger partial charge on any atom is 0.303 e. The van der Waals surface area contributed by atoms with Crippen LogP contribution < -0.4 is 9.04 Å². The molecule has 1 aliphatic rings. The molecule has 194 valence electrons. The zero-order chi connectivity index (χ0) is 26.9. The van der Waals surface area contributed by atoms with E-state index in [0.29, 0.717) is 16.7 Å². The third-order valence-electron chi connectivity index (χ3n) is 5.94. The summed E-state index contributed by atoms with van der Waals surface area (Å²) in [5.74, 6) is -1.98. The molecule has 0 radical (unpaired) electrons. The predicted molar refractivity (Wildman–Crippen MR) is 138 cm³/mol. The van der Waals surface area contributed by atoms with Gasteiger partial charge in [0.15, 0.2) is 0 Å². The highest BCUT2D eigenvalue weighted by atomic mass is 35.5. The number of sulfonamides is 1. The number of anilines is 1. The first-order valence-electron chi connectivity index (χ1n) is 11.4. The van der Waals surface area contributed by atoms with Crippen LogP contribution in [0.3, 0.4) is 0 Å². The number of halogens is 3. The normalized spacial score (nSPS) is 15.8. The minimum Gasteiger partial charge on any atom is -0.486 e. The number of fused-ring (bicyclic) bond motifs is 1. The molecule has 4 rings (SSSR count). The number of carboxylic acids is 1. The lowest BCUT2D eigenvalue weighted by Gasteiger charge is -2.35. The van der Waals surface area contributed by atoms with Crippen LogP contribution in [0.5, 0.6) is 5.75 Å². The highest BCUT2D eigenvalue weighted by Gasteiger charge is 2.35. The van der Waals surface area contributed by atoms with Gasteiger partial charge in [-0.05, 0) is 79.4 Å². The maximum absolute atomic E-state index is 14.4. The van der Waals surface area contributed by atoms with Crippen molar-refractivity contribution in [1.82, 2.24) is 0 Å². The van der Waals surface area contributed by atoms with Crippen LogP contribution in [-0.2, 0) is 14.8 Å². The first kappa shape index (κ1) is 26.6. The molecule has 1 atom stereocenters. The maximum atomic E-state index is 14.4. The number of hydrogen-bond donors (Lipinski definition) is 1. The van der Waals surface area contributed by atoms with Gasteiger partial charge in [-0.2, -0.15) is 0 Å². The summed E-state index contributed by atoms with van der Waals surface area (Å²) in [7, 11) is -4.24. The lowest BCUT2D eigenvalue weighted by Crippen LogP contribution is -2.43. The number of rotatable bonds is 7. The molecule has 0 aliphatic carbocycles. The highest BCUT2D eigenvalue weighted by molar-refractivity contribution is 7.92. The molecule has 1 heterocycles. The van der Waals surface area contributed by atoms with Crippen molar-refractivity contribution in [2.45, 2.75) is 37.7 Å². The number of carboxylic acid groups (broad SMARTS) is 1. The smallest absolute Gasteiger partial charge is 0.303 e. The zero-order valence-corrected chi connectivity index (χ0v) is 21.6. The van der Waals surface area contributed by atoms with Crippen molar-refractivity contribution in [3.8, 4) is 5.75 Å². The van der Waals surface area contributed by atoms with Crippen LogP contribution in [-0.4, -0.2) is 32.1 Å². The van der Waals surface area contributed by atoms with E-state index >= 15 is 0 Å². The van der Waals surface area contributed by atoms with Crippen molar-refractivity contribution in [3.05, 3.63) is 87.9 Å². The number of carbonyl (C=O) groups is 1. The van der Waals surface area contributed by atoms with Crippen molar-refractivity contribution < 1.29 is 31.8 Å². The number of nitrogens with zero attached hydrogens (tertiary/aromatic N) is 1. The van der Waals surface area contributed by atoms with E-state index in [2.05, 4.69) is 0 Å². The SMILES string of the molecule is C/C(=C\c1ccc2c(c1)N(S(=O)(=O)c1cc(C)cc(F)c1)C[C@H](CCC(=O)O)O2)c1c(F)cccc1Cl. The van der Waals surface area contributed by atoms with Gasteiger partial charge in [0.2, 0.25) is 0 Å². The fourth-order valence-corrected chi connectivity index (χ4v) is 6.18. The average molecular weight is 548 g/mol. The first-order valence-corrected chi connectivity index (χ1v) is 13.2. The summed E-state index contributed by atoms with van der Waals surface area (Å²) >= 11 is 6.19. The third kappa shape index (κ3) is 5.78. The molecule has 0 amide bonds. The number of benzene rings is 3. The average Bonchev–Trinajstić information content (AvgIpc) is 2.81. The monoisotopic (exact) mass is 547 g/mol. The van der Waals surface area contributed by atoms with Crippen molar-refractivity contribution in [3.63, 3.8) is 0 Å². The van der Waals surface area contributed by atoms with Crippen LogP contribution in [0.2, 0.25) is 5.02 Å². The van der Waals surface area contributed by atoms with Crippen molar-refractivity contribution in [2.75, 3.05) is 10.8 Å². The van der Waals surface area contributed by atoms with Gasteiger partial charge in [0.05, 0.1) is 22.2 Å². The predicted octanol–water partition coefficient (Wildman–Crippen LogP) is 6.31. The van der Waals surface area contributed by atoms with Crippen LogP contribution >= 0.6 is 11.6 Å². The van der Waals surface area contributed by atoms with Crippen LogP contribution in [0.1, 0.15) is 36.5 Å². The van der Waals surface area contributed by atoms with Gasteiger partial charge >= 0.3 is 5.97 Å². The zero-order valence-electron chi connectivity index (χ0n) is 20.0. The van der Waals surface area contributed by atoms with Gasteiger partial charge in [-0.25, -0.2) is 17.2 Å². The number of hydrogen-bond acceptors (Lipinski definition) is 4. The highest BCUT2D eigenvalue weighted by Crippen LogP contribution is 2.39. The second-order valence-corrected chi connectivity index (χ2v) is 11.1. The topological polar surface area (TPSA) is 83.9 Å². The van der Waals surface area contributed by atoms with Crippen LogP contribution in [0.4, 0.5) is 14.5 Å². The van der Waals surface area contributed by atoms with Gasteiger partial charge in [0.25, 0.3) is 10.0 Å². The van der Waals surface area contributed by atoms with E-state index in [9.17, 15) is 22.0 Å². The van der Waals surface area contributed by atoms with Crippen LogP contribution in [0.15, 0.2) is 59.5 Å². The second kappa shape index (κ2) is 10.5. The molecular weight excluding hydrogens is 524 g/mol. The number of aliphatic carboxylic acids is 1. The minimum atomic E-state index is -4.24. The number of aryl methyl sites for hydroxylation is 1. The van der Waals surface area contributed by atoms with Gasteiger partial charge in [0.1, 0.15) is 23.5 Å². The van der Waals surface area contributed by atoms with E-state index < -0.39 is 33.7 Å². The molecule has 0 unspecified atom stereocenters. The van der Waals surface area contributed by atoms with E-state index in [1.807, 2.05) is 0 Å². The molecule has 0 spiro atoms. The third-order valence-corrected chi connectivity index (χ3v) is 8.01. The van der Waals surface area contributed by atoms with Gasteiger partial charge in [0, 0.05) is 12.0 Å². The lowest BCUT2D eigenvalue weighted by atomic mass is 10.0. The summed E-state index contributed by atoms with van der Waals surface area (Å²) in [6, 6.07) is 12.7. The van der Waals surface area contributed by atoms with E-state index in [-0.39, 0.29) is 46.3 Å². The van der Waals surface area contributed by atoms with Crippen molar-refractivity contribution >= 4 is 44.9 Å². The summed E-state index contributed by atoms with van der Waals surface area (Å²) < 4.78 is 62.9. The second-order valence-electron chi connectivity index (χ2n) is 8.82. The molecule has 37 heavy (non-hydrogen) atoms. The summed E-state index contributed by atoms with van der Waals surface area (Å²) in [4.78, 5) is 10.9.